The molecule has 0 saturated carbocycles. The lowest BCUT2D eigenvalue weighted by Gasteiger charge is -2.11. The first-order chi connectivity index (χ1) is 12.9. The molecule has 0 N–H and O–H groups in total. The summed E-state index contributed by atoms with van der Waals surface area (Å²) in [4.78, 5) is 10.7. The highest BCUT2D eigenvalue weighted by Crippen LogP contribution is 2.29. The van der Waals surface area contributed by atoms with Crippen molar-refractivity contribution >= 4 is 6.29 Å². The van der Waals surface area contributed by atoms with Gasteiger partial charge in [0.1, 0.15) is 30.1 Å². The molecule has 0 aliphatic carbocycles. The Morgan fingerprint density at radius 1 is 0.815 bits per heavy atom. The van der Waals surface area contributed by atoms with Gasteiger partial charge in [-0.25, -0.2) is 0 Å². The summed E-state index contributed by atoms with van der Waals surface area (Å²) in [5, 5.41) is 0. The highest BCUT2D eigenvalue weighted by molar-refractivity contribution is 5.74. The largest absolute Gasteiger partial charge is 0.489 e. The van der Waals surface area contributed by atoms with E-state index >= 15 is 0 Å². The van der Waals surface area contributed by atoms with E-state index in [4.69, 9.17) is 9.47 Å². The number of halogens is 3. The zero-order chi connectivity index (χ0) is 19.3. The molecular weight excluding hydrogens is 357 g/mol. The van der Waals surface area contributed by atoms with Crippen LogP contribution in [0.1, 0.15) is 21.5 Å². The smallest absolute Gasteiger partial charge is 0.416 e. The predicted molar refractivity (Wildman–Crippen MR) is 94.1 cm³/mol. The Labute approximate surface area is 154 Å². The summed E-state index contributed by atoms with van der Waals surface area (Å²) < 4.78 is 49.0. The first kappa shape index (κ1) is 18.5. The second kappa shape index (κ2) is 7.95. The predicted octanol–water partition coefficient (Wildman–Crippen LogP) is 5.89. The van der Waals surface area contributed by atoms with Crippen LogP contribution >= 0.6 is 0 Å². The van der Waals surface area contributed by atoms with E-state index < -0.39 is 11.7 Å². The Morgan fingerprint density at radius 3 is 2.11 bits per heavy atom. The standard InChI is InChI=1S/C21H15F3O3/c22-21(23,24)17-8-4-16(5-9-17)14-26-19-2-1-3-20(12-19)27-18-10-6-15(13-25)7-11-18/h1-13H,14H2. The number of carbonyl (C=O) groups excluding carboxylic acids is 1. The summed E-state index contributed by atoms with van der Waals surface area (Å²) in [6.45, 7) is 0.135. The van der Waals surface area contributed by atoms with Crippen molar-refractivity contribution in [3.05, 3.63) is 89.5 Å². The van der Waals surface area contributed by atoms with Gasteiger partial charge in [-0.05, 0) is 54.1 Å². The number of hydrogen-bond acceptors (Lipinski definition) is 3. The minimum Gasteiger partial charge on any atom is -0.489 e. The molecular formula is C21H15F3O3. The van der Waals surface area contributed by atoms with Crippen LogP contribution in [-0.4, -0.2) is 6.29 Å². The van der Waals surface area contributed by atoms with Crippen molar-refractivity contribution in [3.8, 4) is 17.2 Å². The van der Waals surface area contributed by atoms with Crippen molar-refractivity contribution in [3.63, 3.8) is 0 Å². The normalized spacial score (nSPS) is 11.1. The number of carbonyl (C=O) groups is 1. The fraction of sp³-hybridized carbons (Fsp3) is 0.0952. The third-order valence-corrected chi connectivity index (χ3v) is 3.74. The zero-order valence-corrected chi connectivity index (χ0v) is 14.1. The molecule has 0 unspecified atom stereocenters. The number of rotatable bonds is 6. The van der Waals surface area contributed by atoms with Gasteiger partial charge in [-0.2, -0.15) is 13.2 Å². The Balaban J connectivity index is 1.62. The summed E-state index contributed by atoms with van der Waals surface area (Å²) in [5.41, 5.74) is 0.483. The van der Waals surface area contributed by atoms with Crippen molar-refractivity contribution < 1.29 is 27.4 Å². The maximum Gasteiger partial charge on any atom is 0.416 e. The second-order valence-electron chi connectivity index (χ2n) is 5.75. The Hall–Kier alpha value is -3.28. The van der Waals surface area contributed by atoms with Crippen LogP contribution in [0.25, 0.3) is 0 Å². The fourth-order valence-electron chi connectivity index (χ4n) is 2.33. The first-order valence-electron chi connectivity index (χ1n) is 8.06. The quantitative estimate of drug-likeness (QED) is 0.506. The molecule has 3 rings (SSSR count). The number of alkyl halides is 3. The minimum absolute atomic E-state index is 0.135. The molecule has 3 aromatic carbocycles. The van der Waals surface area contributed by atoms with Crippen LogP contribution in [0.4, 0.5) is 13.2 Å². The number of hydrogen-bond donors (Lipinski definition) is 0. The van der Waals surface area contributed by atoms with Gasteiger partial charge in [0.05, 0.1) is 5.56 Å². The molecule has 0 atom stereocenters. The maximum absolute atomic E-state index is 12.6. The molecule has 6 heteroatoms. The molecule has 0 aliphatic heterocycles. The lowest BCUT2D eigenvalue weighted by Crippen LogP contribution is -2.05. The molecule has 0 spiro atoms. The molecule has 138 valence electrons. The number of aldehydes is 1. The third kappa shape index (κ3) is 5.10. The van der Waals surface area contributed by atoms with Crippen molar-refractivity contribution in [2.24, 2.45) is 0 Å². The van der Waals surface area contributed by atoms with Crippen LogP contribution in [-0.2, 0) is 12.8 Å². The number of benzene rings is 3. The Bertz CT molecular complexity index is 901. The molecule has 0 aromatic heterocycles. The average Bonchev–Trinajstić information content (AvgIpc) is 2.67. The van der Waals surface area contributed by atoms with E-state index in [1.165, 1.54) is 12.1 Å². The van der Waals surface area contributed by atoms with E-state index in [0.29, 0.717) is 28.4 Å². The average molecular weight is 372 g/mol. The van der Waals surface area contributed by atoms with Gasteiger partial charge in [0, 0.05) is 11.6 Å². The lowest BCUT2D eigenvalue weighted by molar-refractivity contribution is -0.137. The summed E-state index contributed by atoms with van der Waals surface area (Å²) in [6.07, 6.45) is -3.60. The second-order valence-corrected chi connectivity index (χ2v) is 5.75. The maximum atomic E-state index is 12.6. The van der Waals surface area contributed by atoms with Crippen LogP contribution in [0.2, 0.25) is 0 Å². The van der Waals surface area contributed by atoms with Gasteiger partial charge in [0.25, 0.3) is 0 Å². The van der Waals surface area contributed by atoms with Gasteiger partial charge in [0.15, 0.2) is 0 Å². The van der Waals surface area contributed by atoms with Crippen molar-refractivity contribution in [1.29, 1.82) is 0 Å². The zero-order valence-electron chi connectivity index (χ0n) is 14.1. The molecule has 0 radical (unpaired) electrons. The molecule has 27 heavy (non-hydrogen) atoms. The van der Waals surface area contributed by atoms with E-state index in [9.17, 15) is 18.0 Å². The molecule has 3 nitrogen and oxygen atoms in total. The van der Waals surface area contributed by atoms with Crippen LogP contribution in [0.15, 0.2) is 72.8 Å². The summed E-state index contributed by atoms with van der Waals surface area (Å²) in [6, 6.07) is 18.4. The van der Waals surface area contributed by atoms with Gasteiger partial charge in [0.2, 0.25) is 0 Å². The molecule has 0 bridgehead atoms. The Morgan fingerprint density at radius 2 is 1.48 bits per heavy atom. The van der Waals surface area contributed by atoms with Crippen molar-refractivity contribution in [1.82, 2.24) is 0 Å². The highest BCUT2D eigenvalue weighted by Gasteiger charge is 2.29. The molecule has 0 amide bonds. The minimum atomic E-state index is -4.35. The van der Waals surface area contributed by atoms with Gasteiger partial charge < -0.3 is 9.47 Å². The van der Waals surface area contributed by atoms with Gasteiger partial charge in [-0.3, -0.25) is 4.79 Å². The Kier molecular flexibility index (Phi) is 5.45. The van der Waals surface area contributed by atoms with Crippen LogP contribution < -0.4 is 9.47 Å². The van der Waals surface area contributed by atoms with Gasteiger partial charge in [-0.1, -0.05) is 18.2 Å². The van der Waals surface area contributed by atoms with E-state index in [1.54, 1.807) is 48.5 Å². The molecule has 3 aromatic rings. The van der Waals surface area contributed by atoms with E-state index in [2.05, 4.69) is 0 Å². The molecule has 0 saturated heterocycles. The van der Waals surface area contributed by atoms with Gasteiger partial charge >= 0.3 is 6.18 Å². The van der Waals surface area contributed by atoms with Gasteiger partial charge in [-0.15, -0.1) is 0 Å². The van der Waals surface area contributed by atoms with Crippen LogP contribution in [0, 0.1) is 0 Å². The SMILES string of the molecule is O=Cc1ccc(Oc2cccc(OCc3ccc(C(F)(F)F)cc3)c2)cc1. The highest BCUT2D eigenvalue weighted by atomic mass is 19.4. The summed E-state index contributed by atoms with van der Waals surface area (Å²) in [5.74, 6) is 1.64. The fourth-order valence-corrected chi connectivity index (χ4v) is 2.33. The molecule has 0 heterocycles. The topological polar surface area (TPSA) is 35.5 Å². The van der Waals surface area contributed by atoms with E-state index in [0.717, 1.165) is 18.4 Å². The monoisotopic (exact) mass is 372 g/mol. The third-order valence-electron chi connectivity index (χ3n) is 3.74. The van der Waals surface area contributed by atoms with Crippen LogP contribution in [0.5, 0.6) is 17.2 Å². The van der Waals surface area contributed by atoms with Crippen molar-refractivity contribution in [2.75, 3.05) is 0 Å². The van der Waals surface area contributed by atoms with Crippen molar-refractivity contribution in [2.45, 2.75) is 12.8 Å². The number of ether oxygens (including phenoxy) is 2. The summed E-state index contributed by atoms with van der Waals surface area (Å²) in [7, 11) is 0. The summed E-state index contributed by atoms with van der Waals surface area (Å²) >= 11 is 0. The van der Waals surface area contributed by atoms with E-state index in [-0.39, 0.29) is 6.61 Å². The first-order valence-corrected chi connectivity index (χ1v) is 8.06. The lowest BCUT2D eigenvalue weighted by atomic mass is 10.1. The molecule has 0 aliphatic rings. The molecule has 0 fully saturated rings. The van der Waals surface area contributed by atoms with E-state index in [1.807, 2.05) is 0 Å². The van der Waals surface area contributed by atoms with Crippen LogP contribution in [0.3, 0.4) is 0 Å².